The van der Waals surface area contributed by atoms with E-state index in [0.29, 0.717) is 37.4 Å². The molecule has 0 saturated carbocycles. The predicted octanol–water partition coefficient (Wildman–Crippen LogP) is 3.74. The van der Waals surface area contributed by atoms with Crippen LogP contribution in [0.4, 0.5) is 17.1 Å². The minimum absolute atomic E-state index is 0.0491. The molecule has 0 atom stereocenters. The van der Waals surface area contributed by atoms with E-state index in [2.05, 4.69) is 15.6 Å². The highest BCUT2D eigenvalue weighted by Crippen LogP contribution is 2.18. The molecule has 0 spiro atoms. The van der Waals surface area contributed by atoms with Gasteiger partial charge in [0.25, 0.3) is 5.69 Å². The van der Waals surface area contributed by atoms with E-state index in [9.17, 15) is 14.9 Å². The van der Waals surface area contributed by atoms with Gasteiger partial charge in [0.2, 0.25) is 5.91 Å². The highest BCUT2D eigenvalue weighted by molar-refractivity contribution is 5.90. The van der Waals surface area contributed by atoms with E-state index < -0.39 is 4.92 Å². The first-order chi connectivity index (χ1) is 14.5. The number of nitrogens with one attached hydrogen (secondary N) is 2. The zero-order chi connectivity index (χ0) is 21.3. The molecule has 0 unspecified atom stereocenters. The van der Waals surface area contributed by atoms with Gasteiger partial charge in [0.15, 0.2) is 0 Å². The van der Waals surface area contributed by atoms with Gasteiger partial charge in [-0.15, -0.1) is 0 Å². The van der Waals surface area contributed by atoms with E-state index in [1.54, 1.807) is 42.6 Å². The first kappa shape index (κ1) is 20.8. The van der Waals surface area contributed by atoms with Crippen molar-refractivity contribution in [3.63, 3.8) is 0 Å². The summed E-state index contributed by atoms with van der Waals surface area (Å²) in [5.41, 5.74) is 1.53. The average Bonchev–Trinajstić information content (AvgIpc) is 3.16. The van der Waals surface area contributed by atoms with Gasteiger partial charge in [0.05, 0.1) is 4.92 Å². The van der Waals surface area contributed by atoms with Crippen molar-refractivity contribution in [3.8, 4) is 5.75 Å². The Morgan fingerprint density at radius 1 is 1.13 bits per heavy atom. The van der Waals surface area contributed by atoms with E-state index in [-0.39, 0.29) is 11.6 Å². The standard InChI is InChI=1S/C21H23N5O4/c1-25-14-13-23-20(25)15-30-19-10-6-17(7-11-19)24-21(27)3-2-12-22-16-4-8-18(9-5-16)26(28)29/h4-11,13-14,22H,2-3,12,15H2,1H3,(H,24,27). The number of aryl methyl sites for hydroxylation is 1. The zero-order valence-corrected chi connectivity index (χ0v) is 16.6. The monoisotopic (exact) mass is 409 g/mol. The fourth-order valence-electron chi connectivity index (χ4n) is 2.72. The quantitative estimate of drug-likeness (QED) is 0.300. The Bertz CT molecular complexity index is 983. The van der Waals surface area contributed by atoms with Crippen molar-refractivity contribution in [1.29, 1.82) is 0 Å². The molecule has 0 saturated heterocycles. The van der Waals surface area contributed by atoms with Crippen LogP contribution in [0.2, 0.25) is 0 Å². The molecule has 3 aromatic rings. The number of imidazole rings is 1. The molecule has 1 heterocycles. The average molecular weight is 409 g/mol. The molecule has 0 aliphatic heterocycles. The van der Waals surface area contributed by atoms with Crippen LogP contribution in [-0.4, -0.2) is 26.9 Å². The summed E-state index contributed by atoms with van der Waals surface area (Å²) in [4.78, 5) is 26.5. The van der Waals surface area contributed by atoms with Crippen molar-refractivity contribution in [1.82, 2.24) is 9.55 Å². The SMILES string of the molecule is Cn1ccnc1COc1ccc(NC(=O)CCCNc2ccc([N+](=O)[O-])cc2)cc1. The number of anilines is 2. The number of nitrogens with zero attached hydrogens (tertiary/aromatic N) is 3. The first-order valence-electron chi connectivity index (χ1n) is 9.48. The minimum atomic E-state index is -0.437. The lowest BCUT2D eigenvalue weighted by molar-refractivity contribution is -0.384. The first-order valence-corrected chi connectivity index (χ1v) is 9.48. The number of aromatic nitrogens is 2. The van der Waals surface area contributed by atoms with Crippen LogP contribution in [0, 0.1) is 10.1 Å². The van der Waals surface area contributed by atoms with Crippen molar-refractivity contribution in [2.45, 2.75) is 19.4 Å². The Kier molecular flexibility index (Phi) is 6.99. The largest absolute Gasteiger partial charge is 0.486 e. The number of hydrogen-bond acceptors (Lipinski definition) is 6. The molecule has 0 fully saturated rings. The predicted molar refractivity (Wildman–Crippen MR) is 113 cm³/mol. The number of hydrogen-bond donors (Lipinski definition) is 2. The van der Waals surface area contributed by atoms with Crippen molar-refractivity contribution in [2.24, 2.45) is 7.05 Å². The second kappa shape index (κ2) is 10.1. The lowest BCUT2D eigenvalue weighted by atomic mass is 10.2. The van der Waals surface area contributed by atoms with Crippen LogP contribution in [0.15, 0.2) is 60.9 Å². The fraction of sp³-hybridized carbons (Fsp3) is 0.238. The highest BCUT2D eigenvalue weighted by atomic mass is 16.6. The maximum Gasteiger partial charge on any atom is 0.269 e. The van der Waals surface area contributed by atoms with E-state index in [4.69, 9.17) is 4.74 Å². The molecule has 9 heteroatoms. The Morgan fingerprint density at radius 2 is 1.83 bits per heavy atom. The smallest absolute Gasteiger partial charge is 0.269 e. The number of benzene rings is 2. The van der Waals surface area contributed by atoms with Crippen LogP contribution in [0.1, 0.15) is 18.7 Å². The van der Waals surface area contributed by atoms with Gasteiger partial charge in [0.1, 0.15) is 18.2 Å². The molecule has 3 rings (SSSR count). The number of rotatable bonds is 10. The number of nitro groups is 1. The van der Waals surface area contributed by atoms with Crippen molar-refractivity contribution in [2.75, 3.05) is 17.2 Å². The molecular weight excluding hydrogens is 386 g/mol. The third-order valence-corrected chi connectivity index (χ3v) is 4.41. The number of carbonyl (C=O) groups is 1. The Hall–Kier alpha value is -3.88. The number of carbonyl (C=O) groups excluding carboxylic acids is 1. The summed E-state index contributed by atoms with van der Waals surface area (Å²) < 4.78 is 7.59. The van der Waals surface area contributed by atoms with Crippen molar-refractivity contribution >= 4 is 23.0 Å². The molecule has 9 nitrogen and oxygen atoms in total. The molecule has 30 heavy (non-hydrogen) atoms. The Labute approximate surface area is 173 Å². The molecule has 2 N–H and O–H groups in total. The van der Waals surface area contributed by atoms with Crippen molar-refractivity contribution in [3.05, 3.63) is 76.9 Å². The van der Waals surface area contributed by atoms with Crippen LogP contribution in [0.5, 0.6) is 5.75 Å². The zero-order valence-electron chi connectivity index (χ0n) is 16.6. The van der Waals surface area contributed by atoms with Gasteiger partial charge in [-0.1, -0.05) is 0 Å². The summed E-state index contributed by atoms with van der Waals surface area (Å²) in [5.74, 6) is 1.44. The molecule has 2 aromatic carbocycles. The van der Waals surface area contributed by atoms with Gasteiger partial charge in [0, 0.05) is 55.9 Å². The summed E-state index contributed by atoms with van der Waals surface area (Å²) in [7, 11) is 1.91. The van der Waals surface area contributed by atoms with Crippen LogP contribution < -0.4 is 15.4 Å². The molecule has 0 radical (unpaired) electrons. The van der Waals surface area contributed by atoms with Crippen LogP contribution in [0.25, 0.3) is 0 Å². The van der Waals surface area contributed by atoms with Gasteiger partial charge >= 0.3 is 0 Å². The van der Waals surface area contributed by atoms with E-state index >= 15 is 0 Å². The maximum absolute atomic E-state index is 12.1. The number of non-ortho nitro benzene ring substituents is 1. The number of nitro benzene ring substituents is 1. The number of ether oxygens (including phenoxy) is 1. The molecule has 1 aromatic heterocycles. The van der Waals surface area contributed by atoms with Crippen molar-refractivity contribution < 1.29 is 14.5 Å². The topological polar surface area (TPSA) is 111 Å². The third kappa shape index (κ3) is 6.06. The summed E-state index contributed by atoms with van der Waals surface area (Å²) in [6, 6.07) is 13.4. The van der Waals surface area contributed by atoms with Crippen LogP contribution in [-0.2, 0) is 18.4 Å². The molecule has 156 valence electrons. The summed E-state index contributed by atoms with van der Waals surface area (Å²) in [6.45, 7) is 0.960. The molecule has 0 aliphatic rings. The van der Waals surface area contributed by atoms with Gasteiger partial charge < -0.3 is 19.9 Å². The van der Waals surface area contributed by atoms with Gasteiger partial charge in [-0.25, -0.2) is 4.98 Å². The molecular formula is C21H23N5O4. The van der Waals surface area contributed by atoms with E-state index in [1.165, 1.54) is 12.1 Å². The maximum atomic E-state index is 12.1. The highest BCUT2D eigenvalue weighted by Gasteiger charge is 2.06. The second-order valence-electron chi connectivity index (χ2n) is 6.65. The molecule has 0 bridgehead atoms. The Morgan fingerprint density at radius 3 is 2.47 bits per heavy atom. The summed E-state index contributed by atoms with van der Waals surface area (Å²) in [5, 5.41) is 16.6. The third-order valence-electron chi connectivity index (χ3n) is 4.41. The van der Waals surface area contributed by atoms with Gasteiger partial charge in [-0.3, -0.25) is 14.9 Å². The minimum Gasteiger partial charge on any atom is -0.486 e. The van der Waals surface area contributed by atoms with E-state index in [0.717, 1.165) is 11.5 Å². The van der Waals surface area contributed by atoms with Crippen LogP contribution >= 0.6 is 0 Å². The lowest BCUT2D eigenvalue weighted by Crippen LogP contribution is -2.13. The summed E-state index contributed by atoms with van der Waals surface area (Å²) >= 11 is 0. The Balaban J connectivity index is 1.36. The molecule has 1 amide bonds. The van der Waals surface area contributed by atoms with Crippen LogP contribution in [0.3, 0.4) is 0 Å². The lowest BCUT2D eigenvalue weighted by Gasteiger charge is -2.09. The molecule has 0 aliphatic carbocycles. The van der Waals surface area contributed by atoms with Gasteiger partial charge in [-0.05, 0) is 42.8 Å². The number of amides is 1. The van der Waals surface area contributed by atoms with E-state index in [1.807, 2.05) is 17.8 Å². The normalized spacial score (nSPS) is 10.4. The fourth-order valence-corrected chi connectivity index (χ4v) is 2.72. The summed E-state index contributed by atoms with van der Waals surface area (Å²) in [6.07, 6.45) is 4.57. The second-order valence-corrected chi connectivity index (χ2v) is 6.65. The van der Waals surface area contributed by atoms with Gasteiger partial charge in [-0.2, -0.15) is 0 Å².